The summed E-state index contributed by atoms with van der Waals surface area (Å²) < 4.78 is 0. The topological polar surface area (TPSA) is 49.4 Å². The Morgan fingerprint density at radius 2 is 2.17 bits per heavy atom. The zero-order valence-electron chi connectivity index (χ0n) is 10.6. The summed E-state index contributed by atoms with van der Waals surface area (Å²) in [5, 5.41) is 2.85. The van der Waals surface area contributed by atoms with Crippen LogP contribution in [0.3, 0.4) is 0 Å². The monoisotopic (exact) mass is 246 g/mol. The molecule has 0 radical (unpaired) electrons. The minimum absolute atomic E-state index is 0.0843. The third-order valence-electron chi connectivity index (χ3n) is 3.24. The van der Waals surface area contributed by atoms with Gasteiger partial charge < -0.3 is 10.2 Å². The van der Waals surface area contributed by atoms with E-state index >= 15 is 0 Å². The van der Waals surface area contributed by atoms with E-state index in [2.05, 4.69) is 5.32 Å². The Morgan fingerprint density at radius 3 is 2.83 bits per heavy atom. The molecular formula is C14H18N2O2. The zero-order chi connectivity index (χ0) is 13.0. The molecule has 4 nitrogen and oxygen atoms in total. The maximum absolute atomic E-state index is 11.7. The fourth-order valence-electron chi connectivity index (χ4n) is 2.10. The highest BCUT2D eigenvalue weighted by Gasteiger charge is 2.21. The average Bonchev–Trinajstić information content (AvgIpc) is 2.74. The van der Waals surface area contributed by atoms with Crippen LogP contribution in [0.2, 0.25) is 0 Å². The van der Waals surface area contributed by atoms with Crippen LogP contribution in [0.5, 0.6) is 0 Å². The summed E-state index contributed by atoms with van der Waals surface area (Å²) in [6.45, 7) is 3.43. The van der Waals surface area contributed by atoms with Gasteiger partial charge in [-0.1, -0.05) is 24.3 Å². The molecular weight excluding hydrogens is 228 g/mol. The van der Waals surface area contributed by atoms with Gasteiger partial charge in [-0.3, -0.25) is 9.59 Å². The van der Waals surface area contributed by atoms with Crippen molar-refractivity contribution in [1.29, 1.82) is 0 Å². The molecule has 0 spiro atoms. The summed E-state index contributed by atoms with van der Waals surface area (Å²) in [4.78, 5) is 24.7. The normalized spacial score (nSPS) is 14.9. The Kier molecular flexibility index (Phi) is 3.97. The molecule has 1 heterocycles. The molecule has 1 aliphatic heterocycles. The van der Waals surface area contributed by atoms with Crippen molar-refractivity contribution in [2.45, 2.75) is 26.3 Å². The molecule has 1 aromatic carbocycles. The minimum atomic E-state index is -0.0893. The smallest absolute Gasteiger partial charge is 0.239 e. The molecule has 2 amide bonds. The number of nitrogens with zero attached hydrogens (tertiary/aromatic N) is 1. The maximum Gasteiger partial charge on any atom is 0.239 e. The molecule has 1 aliphatic rings. The first-order valence-electron chi connectivity index (χ1n) is 6.26. The molecule has 1 fully saturated rings. The fourth-order valence-corrected chi connectivity index (χ4v) is 2.10. The van der Waals surface area contributed by atoms with E-state index in [1.807, 2.05) is 31.2 Å². The highest BCUT2D eigenvalue weighted by Crippen LogP contribution is 2.09. The maximum atomic E-state index is 11.7. The van der Waals surface area contributed by atoms with Gasteiger partial charge in [0.25, 0.3) is 0 Å². The second-order valence-electron chi connectivity index (χ2n) is 4.62. The molecule has 0 unspecified atom stereocenters. The van der Waals surface area contributed by atoms with Crippen molar-refractivity contribution < 1.29 is 9.59 Å². The van der Waals surface area contributed by atoms with E-state index in [1.165, 1.54) is 0 Å². The molecule has 4 heteroatoms. The number of likely N-dealkylation sites (tertiary alicyclic amines) is 1. The van der Waals surface area contributed by atoms with Gasteiger partial charge in [0.2, 0.25) is 11.8 Å². The first-order chi connectivity index (χ1) is 8.66. The summed E-state index contributed by atoms with van der Waals surface area (Å²) in [6, 6.07) is 7.95. The van der Waals surface area contributed by atoms with Crippen LogP contribution in [-0.4, -0.2) is 29.8 Å². The van der Waals surface area contributed by atoms with E-state index in [-0.39, 0.29) is 18.4 Å². The minimum Gasteiger partial charge on any atom is -0.350 e. The van der Waals surface area contributed by atoms with Crippen LogP contribution in [0, 0.1) is 6.92 Å². The summed E-state index contributed by atoms with van der Waals surface area (Å²) >= 11 is 0. The molecule has 0 aliphatic carbocycles. The van der Waals surface area contributed by atoms with E-state index in [0.717, 1.165) is 17.5 Å². The molecule has 0 aromatic heterocycles. The number of carbonyl (C=O) groups excluding carboxylic acids is 2. The number of rotatable bonds is 4. The largest absolute Gasteiger partial charge is 0.350 e. The molecule has 1 saturated heterocycles. The van der Waals surface area contributed by atoms with E-state index in [0.29, 0.717) is 19.5 Å². The SMILES string of the molecule is Cc1ccccc1CNC(=O)CN1CCCC1=O. The van der Waals surface area contributed by atoms with Crippen LogP contribution in [0.15, 0.2) is 24.3 Å². The van der Waals surface area contributed by atoms with Gasteiger partial charge in [0.15, 0.2) is 0 Å². The predicted octanol–water partition coefficient (Wildman–Crippen LogP) is 1.23. The van der Waals surface area contributed by atoms with Gasteiger partial charge in [0.05, 0.1) is 6.54 Å². The molecule has 1 aromatic rings. The predicted molar refractivity (Wildman–Crippen MR) is 68.8 cm³/mol. The highest BCUT2D eigenvalue weighted by atomic mass is 16.2. The average molecular weight is 246 g/mol. The van der Waals surface area contributed by atoms with Gasteiger partial charge in [-0.2, -0.15) is 0 Å². The number of aryl methyl sites for hydroxylation is 1. The van der Waals surface area contributed by atoms with Crippen molar-refractivity contribution in [2.75, 3.05) is 13.1 Å². The second kappa shape index (κ2) is 5.67. The van der Waals surface area contributed by atoms with Crippen LogP contribution in [0.25, 0.3) is 0 Å². The Balaban J connectivity index is 1.82. The summed E-state index contributed by atoms with van der Waals surface area (Å²) in [5.41, 5.74) is 2.27. The van der Waals surface area contributed by atoms with Crippen molar-refractivity contribution in [3.8, 4) is 0 Å². The quantitative estimate of drug-likeness (QED) is 0.868. The van der Waals surface area contributed by atoms with Crippen LogP contribution in [0.1, 0.15) is 24.0 Å². The highest BCUT2D eigenvalue weighted by molar-refractivity contribution is 5.85. The van der Waals surface area contributed by atoms with Gasteiger partial charge >= 0.3 is 0 Å². The lowest BCUT2D eigenvalue weighted by Crippen LogP contribution is -2.37. The lowest BCUT2D eigenvalue weighted by Gasteiger charge is -2.15. The first-order valence-corrected chi connectivity index (χ1v) is 6.26. The first kappa shape index (κ1) is 12.6. The van der Waals surface area contributed by atoms with Gasteiger partial charge in [-0.25, -0.2) is 0 Å². The van der Waals surface area contributed by atoms with Crippen molar-refractivity contribution in [3.05, 3.63) is 35.4 Å². The van der Waals surface area contributed by atoms with E-state index in [4.69, 9.17) is 0 Å². The number of carbonyl (C=O) groups is 2. The van der Waals surface area contributed by atoms with Gasteiger partial charge in [0, 0.05) is 19.5 Å². The fraction of sp³-hybridized carbons (Fsp3) is 0.429. The Morgan fingerprint density at radius 1 is 1.39 bits per heavy atom. The molecule has 0 saturated carbocycles. The molecule has 0 atom stereocenters. The van der Waals surface area contributed by atoms with Crippen LogP contribution < -0.4 is 5.32 Å². The third-order valence-corrected chi connectivity index (χ3v) is 3.24. The number of hydrogen-bond donors (Lipinski definition) is 1. The second-order valence-corrected chi connectivity index (χ2v) is 4.62. The van der Waals surface area contributed by atoms with Crippen LogP contribution >= 0.6 is 0 Å². The van der Waals surface area contributed by atoms with Gasteiger partial charge in [-0.05, 0) is 24.5 Å². The molecule has 96 valence electrons. The van der Waals surface area contributed by atoms with Crippen LogP contribution in [-0.2, 0) is 16.1 Å². The van der Waals surface area contributed by atoms with Crippen molar-refractivity contribution >= 4 is 11.8 Å². The number of benzene rings is 1. The van der Waals surface area contributed by atoms with E-state index in [9.17, 15) is 9.59 Å². The lowest BCUT2D eigenvalue weighted by atomic mass is 10.1. The Labute approximate surface area is 107 Å². The third kappa shape index (κ3) is 3.09. The van der Waals surface area contributed by atoms with Crippen molar-refractivity contribution in [3.63, 3.8) is 0 Å². The molecule has 18 heavy (non-hydrogen) atoms. The Bertz CT molecular complexity index is 457. The molecule has 1 N–H and O–H groups in total. The molecule has 0 bridgehead atoms. The standard InChI is InChI=1S/C14H18N2O2/c1-11-5-2-3-6-12(11)9-15-13(17)10-16-8-4-7-14(16)18/h2-3,5-6H,4,7-10H2,1H3,(H,15,17). The summed E-state index contributed by atoms with van der Waals surface area (Å²) in [7, 11) is 0. The van der Waals surface area contributed by atoms with Gasteiger partial charge in [-0.15, -0.1) is 0 Å². The van der Waals surface area contributed by atoms with E-state index < -0.39 is 0 Å². The van der Waals surface area contributed by atoms with Gasteiger partial charge in [0.1, 0.15) is 0 Å². The zero-order valence-corrected chi connectivity index (χ0v) is 10.6. The van der Waals surface area contributed by atoms with Crippen molar-refractivity contribution in [1.82, 2.24) is 10.2 Å². The van der Waals surface area contributed by atoms with Crippen LogP contribution in [0.4, 0.5) is 0 Å². The summed E-state index contributed by atoms with van der Waals surface area (Å²) in [5.74, 6) is -0.00505. The van der Waals surface area contributed by atoms with E-state index in [1.54, 1.807) is 4.90 Å². The molecule has 2 rings (SSSR count). The number of nitrogens with one attached hydrogen (secondary N) is 1. The summed E-state index contributed by atoms with van der Waals surface area (Å²) in [6.07, 6.45) is 1.44. The van der Waals surface area contributed by atoms with Crippen molar-refractivity contribution in [2.24, 2.45) is 0 Å². The number of amides is 2. The Hall–Kier alpha value is -1.84. The lowest BCUT2D eigenvalue weighted by molar-refractivity contribution is -0.133. The number of hydrogen-bond acceptors (Lipinski definition) is 2.